The number of nitrogens with zero attached hydrogens (tertiary/aromatic N) is 1. The smallest absolute Gasteiger partial charge is 0.350 e. The minimum Gasteiger partial charge on any atom is -0.350 e. The van der Waals surface area contributed by atoms with Gasteiger partial charge in [-0.15, -0.1) is 12.1 Å². The minimum atomic E-state index is -0.687. The summed E-state index contributed by atoms with van der Waals surface area (Å²) in [4.78, 5) is 10.4. The number of hydrogen-bond acceptors (Lipinski definition) is 2. The number of hydrazone groups is 1. The molecule has 126 valence electrons. The van der Waals surface area contributed by atoms with E-state index in [0.717, 1.165) is 16.7 Å². The molecule has 0 atom stereocenters. The maximum atomic E-state index is 10.4. The van der Waals surface area contributed by atoms with Gasteiger partial charge in [-0.3, -0.25) is 0 Å². The van der Waals surface area contributed by atoms with Crippen LogP contribution in [0.15, 0.2) is 84.0 Å². The van der Waals surface area contributed by atoms with E-state index in [9.17, 15) is 4.79 Å². The van der Waals surface area contributed by atoms with Crippen molar-refractivity contribution in [3.05, 3.63) is 95.6 Å². The molecule has 5 heteroatoms. The van der Waals surface area contributed by atoms with Gasteiger partial charge in [-0.05, 0) is 11.1 Å². The number of hydrogen-bond donors (Lipinski definition) is 2. The molecular formula is C20H17FeN3O. The standard InChI is InChI=1S/C15H12N3O.C5H5.Fe/c16-15(19)18-17-11-14-9-7-13(8-10-14)6-5-12-3-1-2-4-12;1-2-4-5-3-1;/h1-4,7-11H,(H3,16,18,19);1-5H;/q2*-1;+2. The van der Waals surface area contributed by atoms with Crippen LogP contribution in [0.2, 0.25) is 0 Å². The third-order valence-electron chi connectivity index (χ3n) is 2.87. The van der Waals surface area contributed by atoms with Crippen LogP contribution in [0, 0.1) is 11.8 Å². The zero-order valence-corrected chi connectivity index (χ0v) is 14.5. The Morgan fingerprint density at radius 1 is 1.12 bits per heavy atom. The number of urea groups is 1. The van der Waals surface area contributed by atoms with Gasteiger partial charge in [0.2, 0.25) is 0 Å². The van der Waals surface area contributed by atoms with Gasteiger partial charge >= 0.3 is 23.1 Å². The van der Waals surface area contributed by atoms with Gasteiger partial charge in [-0.1, -0.05) is 29.8 Å². The van der Waals surface area contributed by atoms with E-state index in [2.05, 4.69) is 22.4 Å². The predicted octanol–water partition coefficient (Wildman–Crippen LogP) is 3.21. The van der Waals surface area contributed by atoms with Crippen molar-refractivity contribution in [2.24, 2.45) is 10.8 Å². The van der Waals surface area contributed by atoms with E-state index in [1.165, 1.54) is 6.21 Å². The molecule has 0 spiro atoms. The molecular weight excluding hydrogens is 354 g/mol. The van der Waals surface area contributed by atoms with E-state index in [-0.39, 0.29) is 17.1 Å². The summed E-state index contributed by atoms with van der Waals surface area (Å²) < 4.78 is 0. The summed E-state index contributed by atoms with van der Waals surface area (Å²) in [5.74, 6) is 6.13. The molecule has 0 heterocycles. The number of nitrogens with one attached hydrogen (secondary N) is 1. The van der Waals surface area contributed by atoms with Crippen LogP contribution in [0.4, 0.5) is 4.79 Å². The van der Waals surface area contributed by atoms with Crippen LogP contribution < -0.4 is 11.2 Å². The molecule has 0 aliphatic carbocycles. The second-order valence-corrected chi connectivity index (χ2v) is 4.74. The number of primary amides is 1. The van der Waals surface area contributed by atoms with E-state index in [1.807, 2.05) is 78.9 Å². The quantitative estimate of drug-likeness (QED) is 0.235. The summed E-state index contributed by atoms with van der Waals surface area (Å²) in [6.45, 7) is 0. The molecule has 3 rings (SSSR count). The number of benzene rings is 1. The van der Waals surface area contributed by atoms with Gasteiger partial charge < -0.3 is 5.73 Å². The molecule has 0 aliphatic heterocycles. The first-order valence-electron chi connectivity index (χ1n) is 7.33. The Morgan fingerprint density at radius 2 is 1.76 bits per heavy atom. The van der Waals surface area contributed by atoms with Crippen molar-refractivity contribution in [2.75, 3.05) is 0 Å². The Hall–Kier alpha value is -3.06. The van der Waals surface area contributed by atoms with Crippen molar-refractivity contribution in [3.63, 3.8) is 0 Å². The number of amides is 2. The van der Waals surface area contributed by atoms with Gasteiger partial charge in [0.25, 0.3) is 0 Å². The predicted molar refractivity (Wildman–Crippen MR) is 96.8 cm³/mol. The van der Waals surface area contributed by atoms with E-state index < -0.39 is 6.03 Å². The Balaban J connectivity index is 0.000000448. The molecule has 0 saturated carbocycles. The molecule has 0 unspecified atom stereocenters. The Morgan fingerprint density at radius 3 is 2.28 bits per heavy atom. The SMILES string of the molecule is NC(=O)NN=Cc1ccc(C#C[c-]2cccc2)cc1.[Fe+2].c1cc[cH-]c1. The molecule has 0 saturated heterocycles. The third-order valence-corrected chi connectivity index (χ3v) is 2.87. The van der Waals surface area contributed by atoms with Gasteiger partial charge in [0.15, 0.2) is 0 Å². The zero-order chi connectivity index (χ0) is 17.0. The largest absolute Gasteiger partial charge is 2.00 e. The molecule has 0 aliphatic rings. The van der Waals surface area contributed by atoms with E-state index in [1.54, 1.807) is 0 Å². The summed E-state index contributed by atoms with van der Waals surface area (Å²) in [6, 6.07) is 24.6. The Labute approximate surface area is 158 Å². The summed E-state index contributed by atoms with van der Waals surface area (Å²) in [5.41, 5.74) is 9.79. The van der Waals surface area contributed by atoms with Crippen LogP contribution in [0.5, 0.6) is 0 Å². The van der Waals surface area contributed by atoms with Crippen LogP contribution in [0.1, 0.15) is 16.7 Å². The topological polar surface area (TPSA) is 67.5 Å². The average molecular weight is 371 g/mol. The molecule has 3 aromatic rings. The molecule has 2 amide bonds. The first-order chi connectivity index (χ1) is 11.7. The van der Waals surface area contributed by atoms with Crippen molar-refractivity contribution in [3.8, 4) is 11.8 Å². The summed E-state index contributed by atoms with van der Waals surface area (Å²) >= 11 is 0. The molecule has 4 nitrogen and oxygen atoms in total. The molecule has 0 bridgehead atoms. The number of carbonyl (C=O) groups is 1. The summed E-state index contributed by atoms with van der Waals surface area (Å²) in [6.07, 6.45) is 1.51. The third kappa shape index (κ3) is 8.38. The van der Waals surface area contributed by atoms with E-state index in [4.69, 9.17) is 5.73 Å². The first-order valence-corrected chi connectivity index (χ1v) is 7.33. The molecule has 0 aromatic heterocycles. The molecule has 3 N–H and O–H groups in total. The van der Waals surface area contributed by atoms with Crippen LogP contribution in [-0.2, 0) is 17.1 Å². The summed E-state index contributed by atoms with van der Waals surface area (Å²) in [7, 11) is 0. The molecule has 25 heavy (non-hydrogen) atoms. The van der Waals surface area contributed by atoms with Gasteiger partial charge in [0.1, 0.15) is 0 Å². The molecule has 0 radical (unpaired) electrons. The van der Waals surface area contributed by atoms with E-state index in [0.29, 0.717) is 0 Å². The minimum absolute atomic E-state index is 0. The second-order valence-electron chi connectivity index (χ2n) is 4.74. The Kier molecular flexibility index (Phi) is 9.17. The normalized spacial score (nSPS) is 9.12. The maximum Gasteiger partial charge on any atom is 2.00 e. The van der Waals surface area contributed by atoms with Crippen LogP contribution in [0.25, 0.3) is 0 Å². The van der Waals surface area contributed by atoms with Crippen molar-refractivity contribution >= 4 is 12.2 Å². The van der Waals surface area contributed by atoms with Gasteiger partial charge in [0.05, 0.1) is 6.21 Å². The summed E-state index contributed by atoms with van der Waals surface area (Å²) in [5, 5.41) is 3.67. The fourth-order valence-corrected chi connectivity index (χ4v) is 1.75. The van der Waals surface area contributed by atoms with Crippen LogP contribution >= 0.6 is 0 Å². The second kappa shape index (κ2) is 11.5. The van der Waals surface area contributed by atoms with E-state index >= 15 is 0 Å². The fourth-order valence-electron chi connectivity index (χ4n) is 1.75. The van der Waals surface area contributed by atoms with Crippen LogP contribution in [-0.4, -0.2) is 12.2 Å². The maximum absolute atomic E-state index is 10.4. The first kappa shape index (κ1) is 20.0. The fraction of sp³-hybridized carbons (Fsp3) is 0. The number of nitrogens with two attached hydrogens (primary N) is 1. The number of rotatable bonds is 2. The monoisotopic (exact) mass is 371 g/mol. The van der Waals surface area contributed by atoms with Crippen LogP contribution in [0.3, 0.4) is 0 Å². The van der Waals surface area contributed by atoms with Crippen molar-refractivity contribution < 1.29 is 21.9 Å². The molecule has 0 fully saturated rings. The van der Waals surface area contributed by atoms with Gasteiger partial charge in [-0.2, -0.15) is 47.3 Å². The Bertz CT molecular complexity index is 791. The average Bonchev–Trinajstić information content (AvgIpc) is 3.30. The zero-order valence-electron chi connectivity index (χ0n) is 13.4. The van der Waals surface area contributed by atoms with Crippen molar-refractivity contribution in [1.82, 2.24) is 5.43 Å². The van der Waals surface area contributed by atoms with Crippen molar-refractivity contribution in [1.29, 1.82) is 0 Å². The molecule has 3 aromatic carbocycles. The van der Waals surface area contributed by atoms with Crippen molar-refractivity contribution in [2.45, 2.75) is 0 Å². The van der Waals surface area contributed by atoms with Gasteiger partial charge in [-0.25, -0.2) is 22.4 Å². The number of carbonyl (C=O) groups excluding carboxylic acids is 1. The van der Waals surface area contributed by atoms with Gasteiger partial charge in [0, 0.05) is 0 Å².